The molecule has 1 aliphatic heterocycles. The van der Waals surface area contributed by atoms with E-state index in [9.17, 15) is 9.59 Å². The lowest BCUT2D eigenvalue weighted by atomic mass is 9.94. The second kappa shape index (κ2) is 9.19. The summed E-state index contributed by atoms with van der Waals surface area (Å²) in [6.45, 7) is 4.67. The van der Waals surface area contributed by atoms with Gasteiger partial charge in [0.25, 0.3) is 0 Å². The molecule has 1 aromatic rings. The van der Waals surface area contributed by atoms with Crippen LogP contribution < -0.4 is 5.32 Å². The van der Waals surface area contributed by atoms with Gasteiger partial charge < -0.3 is 15.0 Å². The number of likely N-dealkylation sites (tertiary alicyclic amines) is 1. The minimum Gasteiger partial charge on any atom is -0.453 e. The first-order valence-electron chi connectivity index (χ1n) is 11.3. The Morgan fingerprint density at radius 1 is 1.10 bits per heavy atom. The first kappa shape index (κ1) is 22.1. The van der Waals surface area contributed by atoms with Crippen LogP contribution in [0.25, 0.3) is 5.57 Å². The molecule has 0 bridgehead atoms. The van der Waals surface area contributed by atoms with Crippen LogP contribution in [0.2, 0.25) is 0 Å². The molecule has 5 nitrogen and oxygen atoms in total. The molecular weight excluding hydrogens is 456 g/mol. The van der Waals surface area contributed by atoms with Gasteiger partial charge >= 0.3 is 6.09 Å². The van der Waals surface area contributed by atoms with Crippen LogP contribution in [-0.2, 0) is 9.53 Å². The Hall–Kier alpha value is -2.08. The number of amides is 2. The summed E-state index contributed by atoms with van der Waals surface area (Å²) >= 11 is 3.54. The zero-order chi connectivity index (χ0) is 22.1. The number of methoxy groups -OCH3 is 1. The summed E-state index contributed by atoms with van der Waals surface area (Å²) in [4.78, 5) is 27.4. The van der Waals surface area contributed by atoms with Crippen LogP contribution in [0.5, 0.6) is 0 Å². The van der Waals surface area contributed by atoms with Gasteiger partial charge in [-0.1, -0.05) is 41.9 Å². The number of fused-ring (bicyclic) bond motifs is 1. The number of hydrogen-bond acceptors (Lipinski definition) is 3. The number of alkyl carbamates (subject to hydrolysis) is 1. The van der Waals surface area contributed by atoms with Crippen LogP contribution in [0.1, 0.15) is 57.9 Å². The van der Waals surface area contributed by atoms with Crippen LogP contribution in [0, 0.1) is 5.92 Å². The van der Waals surface area contributed by atoms with E-state index in [1.54, 1.807) is 0 Å². The zero-order valence-electron chi connectivity index (χ0n) is 18.5. The molecule has 1 N–H and O–H groups in total. The quantitative estimate of drug-likeness (QED) is 0.600. The van der Waals surface area contributed by atoms with E-state index >= 15 is 0 Å². The Balaban J connectivity index is 1.59. The number of nitrogens with one attached hydrogen (secondary N) is 1. The highest BCUT2D eigenvalue weighted by molar-refractivity contribution is 9.10. The van der Waals surface area contributed by atoms with Crippen LogP contribution in [0.15, 0.2) is 45.5 Å². The van der Waals surface area contributed by atoms with E-state index in [0.29, 0.717) is 0 Å². The van der Waals surface area contributed by atoms with E-state index in [0.717, 1.165) is 43.1 Å². The molecule has 2 amide bonds. The molecule has 1 aromatic carbocycles. The first-order valence-corrected chi connectivity index (χ1v) is 12.0. The van der Waals surface area contributed by atoms with Crippen molar-refractivity contribution >= 4 is 33.5 Å². The second-order valence-corrected chi connectivity index (χ2v) is 9.96. The molecule has 2 atom stereocenters. The fourth-order valence-electron chi connectivity index (χ4n) is 5.35. The molecule has 1 saturated heterocycles. The van der Waals surface area contributed by atoms with Crippen molar-refractivity contribution < 1.29 is 14.3 Å². The third kappa shape index (κ3) is 4.32. The Bertz CT molecular complexity index is 933. The monoisotopic (exact) mass is 486 g/mol. The molecule has 3 aliphatic rings. The fourth-order valence-corrected chi connectivity index (χ4v) is 5.62. The molecule has 166 valence electrons. The highest BCUT2D eigenvalue weighted by Gasteiger charge is 2.40. The number of carbonyl (C=O) groups is 2. The van der Waals surface area contributed by atoms with E-state index in [4.69, 9.17) is 4.74 Å². The predicted octanol–water partition coefficient (Wildman–Crippen LogP) is 5.46. The van der Waals surface area contributed by atoms with Gasteiger partial charge in [-0.25, -0.2) is 4.79 Å². The molecular formula is C25H31BrN2O3. The van der Waals surface area contributed by atoms with Crippen molar-refractivity contribution in [3.63, 3.8) is 0 Å². The topological polar surface area (TPSA) is 58.6 Å². The number of ether oxygens (including phenoxy) is 1. The molecule has 31 heavy (non-hydrogen) atoms. The van der Waals surface area contributed by atoms with Crippen molar-refractivity contribution in [3.05, 3.63) is 51.0 Å². The average Bonchev–Trinajstić information content (AvgIpc) is 3.48. The maximum atomic E-state index is 13.5. The Labute approximate surface area is 193 Å². The molecule has 0 aromatic heterocycles. The second-order valence-electron chi connectivity index (χ2n) is 9.05. The van der Waals surface area contributed by atoms with E-state index in [1.807, 2.05) is 18.7 Å². The number of rotatable bonds is 5. The Morgan fingerprint density at radius 2 is 1.81 bits per heavy atom. The summed E-state index contributed by atoms with van der Waals surface area (Å²) in [6, 6.07) is 8.15. The molecule has 2 fully saturated rings. The van der Waals surface area contributed by atoms with Crippen molar-refractivity contribution in [1.29, 1.82) is 0 Å². The average molecular weight is 487 g/mol. The summed E-state index contributed by atoms with van der Waals surface area (Å²) in [5.41, 5.74) is 7.14. The van der Waals surface area contributed by atoms with Crippen LogP contribution in [-0.4, -0.2) is 42.6 Å². The first-order chi connectivity index (χ1) is 14.9. The van der Waals surface area contributed by atoms with Crippen LogP contribution in [0.4, 0.5) is 4.79 Å². The number of hydrogen-bond donors (Lipinski definition) is 1. The molecule has 1 heterocycles. The van der Waals surface area contributed by atoms with Gasteiger partial charge in [0.1, 0.15) is 6.04 Å². The lowest BCUT2D eigenvalue weighted by Crippen LogP contribution is -2.52. The van der Waals surface area contributed by atoms with Crippen LogP contribution in [0.3, 0.4) is 0 Å². The summed E-state index contributed by atoms with van der Waals surface area (Å²) in [7, 11) is 1.33. The largest absolute Gasteiger partial charge is 0.453 e. The van der Waals surface area contributed by atoms with Gasteiger partial charge in [-0.3, -0.25) is 4.79 Å². The molecule has 2 aliphatic carbocycles. The van der Waals surface area contributed by atoms with E-state index in [-0.39, 0.29) is 17.9 Å². The van der Waals surface area contributed by atoms with Gasteiger partial charge in [0, 0.05) is 11.0 Å². The van der Waals surface area contributed by atoms with E-state index in [1.165, 1.54) is 41.4 Å². The molecule has 0 spiro atoms. The van der Waals surface area contributed by atoms with Crippen LogP contribution >= 0.6 is 15.9 Å². The lowest BCUT2D eigenvalue weighted by molar-refractivity contribution is -0.134. The highest BCUT2D eigenvalue weighted by Crippen LogP contribution is 2.49. The summed E-state index contributed by atoms with van der Waals surface area (Å²) in [5, 5.41) is 2.76. The zero-order valence-corrected chi connectivity index (χ0v) is 20.1. The van der Waals surface area contributed by atoms with Crippen molar-refractivity contribution in [2.24, 2.45) is 5.92 Å². The maximum Gasteiger partial charge on any atom is 0.407 e. The third-order valence-electron chi connectivity index (χ3n) is 6.86. The maximum absolute atomic E-state index is 13.5. The van der Waals surface area contributed by atoms with Gasteiger partial charge in [0.05, 0.1) is 13.2 Å². The number of allylic oxidation sites excluding steroid dienone is 3. The van der Waals surface area contributed by atoms with E-state index in [2.05, 4.69) is 45.5 Å². The van der Waals surface area contributed by atoms with Gasteiger partial charge in [-0.05, 0) is 84.4 Å². The number of benzene rings is 1. The lowest BCUT2D eigenvalue weighted by Gasteiger charge is -2.32. The van der Waals surface area contributed by atoms with Gasteiger partial charge in [0.15, 0.2) is 0 Å². The standard InChI is InChI=1S/C25H31BrN2O3/c1-15(2)23(27-25(30)31-3)24(29)28-13-5-8-22(28)21-14-20(18-6-4-7-19(18)21)16-9-11-17(26)12-10-16/h9-12,15,22-23H,4-8,13-14H2,1-3H3,(H,27,30)/t22?,23-/m1/s1. The number of halogens is 1. The number of nitrogens with zero attached hydrogens (tertiary/aromatic N) is 1. The van der Waals surface area contributed by atoms with Gasteiger partial charge in [-0.2, -0.15) is 0 Å². The highest BCUT2D eigenvalue weighted by atomic mass is 79.9. The fraction of sp³-hybridized carbons (Fsp3) is 0.520. The predicted molar refractivity (Wildman–Crippen MR) is 125 cm³/mol. The number of carbonyl (C=O) groups excluding carboxylic acids is 2. The molecule has 4 rings (SSSR count). The van der Waals surface area contributed by atoms with E-state index < -0.39 is 12.1 Å². The van der Waals surface area contributed by atoms with Gasteiger partial charge in [-0.15, -0.1) is 0 Å². The van der Waals surface area contributed by atoms with Crippen molar-refractivity contribution in [2.45, 2.75) is 64.5 Å². The molecule has 1 unspecified atom stereocenters. The van der Waals surface area contributed by atoms with Crippen molar-refractivity contribution in [2.75, 3.05) is 13.7 Å². The van der Waals surface area contributed by atoms with Gasteiger partial charge in [0.2, 0.25) is 5.91 Å². The summed E-state index contributed by atoms with van der Waals surface area (Å²) < 4.78 is 5.85. The SMILES string of the molecule is COC(=O)N[C@@H](C(=O)N1CCCC1C1=C2CCCC2=C(c2ccc(Br)cc2)C1)C(C)C. The summed E-state index contributed by atoms with van der Waals surface area (Å²) in [5.74, 6) is 0.000197. The molecule has 0 radical (unpaired) electrons. The summed E-state index contributed by atoms with van der Waals surface area (Å²) in [6.07, 6.45) is 5.79. The minimum atomic E-state index is -0.568. The third-order valence-corrected chi connectivity index (χ3v) is 7.39. The Morgan fingerprint density at radius 3 is 2.48 bits per heavy atom. The normalized spacial score (nSPS) is 21.7. The minimum absolute atomic E-state index is 0.00688. The molecule has 1 saturated carbocycles. The van der Waals surface area contributed by atoms with Crippen molar-refractivity contribution in [3.8, 4) is 0 Å². The van der Waals surface area contributed by atoms with Crippen molar-refractivity contribution in [1.82, 2.24) is 10.2 Å². The Kier molecular flexibility index (Phi) is 6.56. The molecule has 6 heteroatoms. The smallest absolute Gasteiger partial charge is 0.407 e.